The molecule has 0 radical (unpaired) electrons. The molecule has 0 aromatic carbocycles. The number of halogens is 11. The molecule has 582 valence electrons. The van der Waals surface area contributed by atoms with E-state index >= 15 is 8.78 Å². The Morgan fingerprint density at radius 2 is 0.766 bits per heavy atom. The third-order valence-corrected chi connectivity index (χ3v) is 30.3. The van der Waals surface area contributed by atoms with Gasteiger partial charge in [0.1, 0.15) is 121 Å². The summed E-state index contributed by atoms with van der Waals surface area (Å²) in [5, 5.41) is -4.19. The van der Waals surface area contributed by atoms with Crippen LogP contribution in [0.2, 0.25) is 0 Å². The largest absolute Gasteiger partial charge is 0.460 e. The van der Waals surface area contributed by atoms with Crippen molar-refractivity contribution in [1.29, 1.82) is 0 Å². The number of nitrogens with zero attached hydrogens (tertiary/aromatic N) is 11. The smallest absolute Gasteiger partial charge is 0.312 e. The molecular formula is C71H84F11N13O9S3. The Bertz CT molecular complexity index is 4920. The number of carbonyl (C=O) groups excluding carboxylic acids is 4. The van der Waals surface area contributed by atoms with E-state index in [1.165, 1.54) is 78.8 Å². The van der Waals surface area contributed by atoms with Gasteiger partial charge in [-0.2, -0.15) is 0 Å². The fourth-order valence-corrected chi connectivity index (χ4v) is 23.4. The number of pyridine rings is 5. The van der Waals surface area contributed by atoms with Gasteiger partial charge in [0.2, 0.25) is 0 Å². The van der Waals surface area contributed by atoms with Gasteiger partial charge in [0, 0.05) is 42.1 Å². The van der Waals surface area contributed by atoms with Crippen LogP contribution in [0.3, 0.4) is 0 Å². The maximum atomic E-state index is 15.5. The van der Waals surface area contributed by atoms with Crippen LogP contribution in [0.25, 0.3) is 0 Å². The lowest BCUT2D eigenvalue weighted by molar-refractivity contribution is -0.154. The molecule has 4 N–H and O–H groups in total. The molecule has 6 aliphatic rings. The SMILES string of the molecule is CC(C)(C)OC(=O)CC1=N[C@](C)(c2nc(CC(=O)c3ccc(F)cn3)ccc2F)[C@H]2CC(F)(F)CN=[S@]2(=O)C1(C)C.CC(C)(C)OC(=O)CC1=N[C@](C)(c2nc(N)ccc2F)[C@H]2CC(F)(F)CN=[S@]2(=O)C1(C)C.CC1(C)C(N)=N[C@](C)(c2nc(CC(=O)c3ccc(F)cn3)ccc2F)[C@H]2CC(F)(F)CN=[S@@]21=O. The third kappa shape index (κ3) is 16.3. The van der Waals surface area contributed by atoms with E-state index in [0.717, 1.165) is 42.7 Å². The first-order valence-corrected chi connectivity index (χ1v) is 38.4. The second-order valence-corrected chi connectivity index (χ2v) is 40.0. The first-order chi connectivity index (χ1) is 48.9. The number of rotatable bonds is 13. The van der Waals surface area contributed by atoms with E-state index in [2.05, 4.69) is 53.0 Å². The van der Waals surface area contributed by atoms with E-state index in [1.807, 2.05) is 0 Å². The molecule has 22 nitrogen and oxygen atoms in total. The topological polar surface area (TPSA) is 329 Å². The third-order valence-electron chi connectivity index (χ3n) is 19.5. The summed E-state index contributed by atoms with van der Waals surface area (Å²) in [4.78, 5) is 84.4. The number of alkyl halides is 6. The maximum Gasteiger partial charge on any atom is 0.312 e. The van der Waals surface area contributed by atoms with E-state index in [0.29, 0.717) is 0 Å². The van der Waals surface area contributed by atoms with Crippen molar-refractivity contribution >= 4 is 75.8 Å². The normalized spacial score (nSPS) is 29.0. The minimum atomic E-state index is -3.59. The monoisotopic (exact) mass is 1570 g/mol. The number of ether oxygens (including phenoxy) is 2. The number of ketones is 2. The zero-order chi connectivity index (χ0) is 80.0. The number of hydrogen-bond acceptors (Lipinski definition) is 22. The van der Waals surface area contributed by atoms with Crippen molar-refractivity contribution in [2.24, 2.45) is 33.8 Å². The molecule has 9 atom stereocenters. The van der Waals surface area contributed by atoms with Gasteiger partial charge in [-0.1, -0.05) is 0 Å². The average Bonchev–Trinajstić information content (AvgIpc) is 0.707. The number of fused-ring (bicyclic) bond motifs is 3. The van der Waals surface area contributed by atoms with Gasteiger partial charge in [0.15, 0.2) is 11.6 Å². The van der Waals surface area contributed by atoms with Gasteiger partial charge in [0.05, 0.1) is 92.5 Å². The van der Waals surface area contributed by atoms with Crippen LogP contribution >= 0.6 is 0 Å². The van der Waals surface area contributed by atoms with Gasteiger partial charge in [-0.3, -0.25) is 54.1 Å². The Morgan fingerprint density at radius 3 is 1.09 bits per heavy atom. The second kappa shape index (κ2) is 28.3. The van der Waals surface area contributed by atoms with Crippen molar-refractivity contribution in [3.63, 3.8) is 0 Å². The lowest BCUT2D eigenvalue weighted by atomic mass is 9.87. The van der Waals surface area contributed by atoms with Crippen molar-refractivity contribution in [2.45, 2.75) is 224 Å². The number of nitrogens with two attached hydrogens (primary N) is 2. The number of amidine groups is 1. The lowest BCUT2D eigenvalue weighted by Gasteiger charge is -2.49. The molecule has 0 unspecified atom stereocenters. The minimum Gasteiger partial charge on any atom is -0.460 e. The number of anilines is 1. The average molecular weight is 1570 g/mol. The molecule has 107 heavy (non-hydrogen) atoms. The molecule has 0 spiro atoms. The summed E-state index contributed by atoms with van der Waals surface area (Å²) in [5.41, 5.74) is 3.96. The van der Waals surface area contributed by atoms with Crippen LogP contribution < -0.4 is 11.5 Å². The van der Waals surface area contributed by atoms with E-state index < -0.39 is 208 Å². The second-order valence-electron chi connectivity index (χ2n) is 31.1. The number of Topliss-reactive ketones (excluding diaryl/α,β-unsaturated/α-hetero) is 2. The van der Waals surface area contributed by atoms with E-state index in [4.69, 9.17) is 20.9 Å². The molecule has 0 amide bonds. The summed E-state index contributed by atoms with van der Waals surface area (Å²) in [6.45, 7) is 20.6. The molecule has 0 saturated heterocycles. The van der Waals surface area contributed by atoms with E-state index in [9.17, 15) is 71.3 Å². The summed E-state index contributed by atoms with van der Waals surface area (Å²) < 4.78 is 221. The molecule has 0 bridgehead atoms. The van der Waals surface area contributed by atoms with Crippen molar-refractivity contribution in [3.05, 3.63) is 142 Å². The highest BCUT2D eigenvalue weighted by molar-refractivity contribution is 7.97. The van der Waals surface area contributed by atoms with Crippen LogP contribution in [0.15, 0.2) is 101 Å². The highest BCUT2D eigenvalue weighted by atomic mass is 32.2. The Labute approximate surface area is 612 Å². The van der Waals surface area contributed by atoms with Crippen LogP contribution in [-0.2, 0) is 77.7 Å². The molecule has 11 rings (SSSR count). The Morgan fingerprint density at radius 1 is 0.449 bits per heavy atom. The molecule has 5 aromatic heterocycles. The lowest BCUT2D eigenvalue weighted by Crippen LogP contribution is -2.62. The predicted octanol–water partition coefficient (Wildman–Crippen LogP) is 12.5. The van der Waals surface area contributed by atoms with Crippen LogP contribution in [0, 0.1) is 29.1 Å². The number of carbonyl (C=O) groups is 4. The summed E-state index contributed by atoms with van der Waals surface area (Å²) in [6, 6.07) is 11.4. The van der Waals surface area contributed by atoms with Crippen LogP contribution in [0.1, 0.15) is 185 Å². The van der Waals surface area contributed by atoms with Crippen LogP contribution in [0.4, 0.5) is 54.1 Å². The summed E-state index contributed by atoms with van der Waals surface area (Å²) >= 11 is 0. The molecule has 0 saturated carbocycles. The first kappa shape index (κ1) is 82.8. The van der Waals surface area contributed by atoms with Gasteiger partial charge >= 0.3 is 11.9 Å². The quantitative estimate of drug-likeness (QED) is 0.0628. The number of esters is 2. The van der Waals surface area contributed by atoms with Crippen LogP contribution in [0.5, 0.6) is 0 Å². The maximum absolute atomic E-state index is 15.5. The Balaban J connectivity index is 0.000000187. The van der Waals surface area contributed by atoms with Crippen molar-refractivity contribution < 1.29 is 89.6 Å². The highest BCUT2D eigenvalue weighted by Gasteiger charge is 2.64. The molecule has 6 aliphatic heterocycles. The molecule has 11 heterocycles. The summed E-state index contributed by atoms with van der Waals surface area (Å²) in [6.07, 6.45) is -2.22. The predicted molar refractivity (Wildman–Crippen MR) is 380 cm³/mol. The fourth-order valence-electron chi connectivity index (χ4n) is 13.6. The number of hydrogen-bond donors (Lipinski definition) is 2. The first-order valence-electron chi connectivity index (χ1n) is 33.7. The number of aromatic nitrogens is 5. The highest BCUT2D eigenvalue weighted by Crippen LogP contribution is 2.54. The van der Waals surface area contributed by atoms with Crippen molar-refractivity contribution in [3.8, 4) is 0 Å². The molecular weight excluding hydrogens is 1480 g/mol. The molecule has 5 aromatic rings. The van der Waals surface area contributed by atoms with E-state index in [-0.39, 0.29) is 76.5 Å². The van der Waals surface area contributed by atoms with Gasteiger partial charge < -0.3 is 20.9 Å². The van der Waals surface area contributed by atoms with Gasteiger partial charge in [-0.05, 0) is 165 Å². The Hall–Kier alpha value is -8.28. The minimum absolute atomic E-state index is 0.0179. The van der Waals surface area contributed by atoms with Gasteiger partial charge in [0.25, 0.3) is 17.8 Å². The van der Waals surface area contributed by atoms with Crippen LogP contribution in [-0.4, -0.2) is 157 Å². The molecule has 0 aliphatic carbocycles. The van der Waals surface area contributed by atoms with Gasteiger partial charge in [-0.15, -0.1) is 0 Å². The zero-order valence-electron chi connectivity index (χ0n) is 61.4. The van der Waals surface area contributed by atoms with Gasteiger partial charge in [-0.25, -0.2) is 79.0 Å². The molecule has 0 fully saturated rings. The zero-order valence-corrected chi connectivity index (χ0v) is 63.8. The molecule has 36 heteroatoms. The summed E-state index contributed by atoms with van der Waals surface area (Å²) in [7, 11) is -10.5. The number of aliphatic imine (C=N–C) groups is 3. The summed E-state index contributed by atoms with van der Waals surface area (Å²) in [5.74, 6) is -16.2. The standard InChI is InChI=1S/C28H32F4N4O4S.C22H23F4N5O2S.C21H29F3N4O3S/c1-25(2,3)40-23(38)12-21-26(4,5)41(39)22(13-28(31,32)15-34-41)27(6,36-21)24-18(30)9-8-17(35-24)11-20(37)19-10-7-16(29)14-33-19;1-20(2)19(27)31-21(3,17-9-22(25,26)11-29-34(17,20)33)18-14(24)6-5-13(30-18)8-16(32)15-7-4-12(23)10-28-15;1-18(2,3)31-16(29)9-13-19(4,5)32(30)14(10-21(23,24)11-26-32)20(6,28-13)17-12(22)7-8-15(25)27-17/h7-10,14,22H,11-13,15H2,1-6H3;4-7,10,17H,8-9,11H2,1-3H3,(H2,27,31);7-8,14H,9-11H2,1-6H3,(H2,25,27)/t22-,27+,41-;17-,21+,34-;14-,20+,32-/m111/s1. The van der Waals surface area contributed by atoms with E-state index in [1.54, 1.807) is 55.4 Å². The Kier molecular flexibility index (Phi) is 21.9. The van der Waals surface area contributed by atoms with Crippen molar-refractivity contribution in [1.82, 2.24) is 24.9 Å². The number of nitrogen functional groups attached to an aromatic ring is 1. The van der Waals surface area contributed by atoms with Crippen molar-refractivity contribution in [2.75, 3.05) is 25.4 Å². The fraction of sp³-hybridized carbons (Fsp3) is 0.549.